The quantitative estimate of drug-likeness (QED) is 0.639. The Balaban J connectivity index is 2.55. The highest BCUT2D eigenvalue weighted by molar-refractivity contribution is 14.1. The van der Waals surface area contributed by atoms with Gasteiger partial charge in [-0.2, -0.15) is 0 Å². The molecule has 0 saturated heterocycles. The molecule has 0 fully saturated rings. The molecule has 0 aliphatic heterocycles. The number of amides is 1. The van der Waals surface area contributed by atoms with E-state index in [4.69, 9.17) is 0 Å². The van der Waals surface area contributed by atoms with E-state index in [2.05, 4.69) is 33.2 Å². The van der Waals surface area contributed by atoms with Gasteiger partial charge in [0.2, 0.25) is 0 Å². The molecule has 1 aromatic rings. The molecule has 4 heteroatoms. The fourth-order valence-corrected chi connectivity index (χ4v) is 1.96. The molecule has 0 heterocycles. The summed E-state index contributed by atoms with van der Waals surface area (Å²) in [6, 6.07) is 5.91. The summed E-state index contributed by atoms with van der Waals surface area (Å²) in [5.41, 5.74) is 1.88. The third-order valence-corrected chi connectivity index (χ3v) is 3.20. The van der Waals surface area contributed by atoms with Gasteiger partial charge in [0.15, 0.2) is 0 Å². The second kappa shape index (κ2) is 6.85. The Labute approximate surface area is 110 Å². The minimum Gasteiger partial charge on any atom is -0.352 e. The Kier molecular flexibility index (Phi) is 5.76. The highest BCUT2D eigenvalue weighted by Gasteiger charge is 2.08. The van der Waals surface area contributed by atoms with E-state index in [-0.39, 0.29) is 5.91 Å². The minimum atomic E-state index is 0.0178. The Hall–Kier alpha value is -0.620. The smallest absolute Gasteiger partial charge is 0.252 e. The SMILES string of the molecule is CNCCCNC(=O)c1cc(C)ccc1I. The standard InChI is InChI=1S/C12H17IN2O/c1-9-4-5-11(13)10(8-9)12(16)15-7-3-6-14-2/h4-5,8,14H,3,6-7H2,1-2H3,(H,15,16). The van der Waals surface area contributed by atoms with E-state index in [0.29, 0.717) is 6.54 Å². The van der Waals surface area contributed by atoms with E-state index < -0.39 is 0 Å². The van der Waals surface area contributed by atoms with Gasteiger partial charge in [0.1, 0.15) is 0 Å². The lowest BCUT2D eigenvalue weighted by Crippen LogP contribution is -2.27. The lowest BCUT2D eigenvalue weighted by atomic mass is 10.1. The second-order valence-electron chi connectivity index (χ2n) is 3.70. The molecule has 2 N–H and O–H groups in total. The molecule has 0 aliphatic rings. The van der Waals surface area contributed by atoms with Gasteiger partial charge in [-0.15, -0.1) is 0 Å². The van der Waals surface area contributed by atoms with Crippen molar-refractivity contribution in [2.45, 2.75) is 13.3 Å². The zero-order valence-electron chi connectivity index (χ0n) is 9.64. The molecule has 0 radical (unpaired) electrons. The van der Waals surface area contributed by atoms with Crippen molar-refractivity contribution >= 4 is 28.5 Å². The maximum absolute atomic E-state index is 11.8. The topological polar surface area (TPSA) is 41.1 Å². The van der Waals surface area contributed by atoms with Crippen LogP contribution in [0.4, 0.5) is 0 Å². The van der Waals surface area contributed by atoms with Crippen LogP contribution >= 0.6 is 22.6 Å². The predicted molar refractivity (Wildman–Crippen MR) is 74.8 cm³/mol. The summed E-state index contributed by atoms with van der Waals surface area (Å²) >= 11 is 2.19. The molecule has 1 rings (SSSR count). The van der Waals surface area contributed by atoms with Gasteiger partial charge in [0.25, 0.3) is 5.91 Å². The summed E-state index contributed by atoms with van der Waals surface area (Å²) in [5.74, 6) is 0.0178. The van der Waals surface area contributed by atoms with Crippen LogP contribution in [0.3, 0.4) is 0 Å². The minimum absolute atomic E-state index is 0.0178. The van der Waals surface area contributed by atoms with Crippen molar-refractivity contribution in [1.29, 1.82) is 0 Å². The summed E-state index contributed by atoms with van der Waals surface area (Å²) in [6.45, 7) is 3.63. The highest BCUT2D eigenvalue weighted by Crippen LogP contribution is 2.13. The molecule has 0 spiro atoms. The zero-order chi connectivity index (χ0) is 12.0. The monoisotopic (exact) mass is 332 g/mol. The van der Waals surface area contributed by atoms with Crippen LogP contribution in [0.15, 0.2) is 18.2 Å². The van der Waals surface area contributed by atoms with Crippen LogP contribution in [0, 0.1) is 10.5 Å². The van der Waals surface area contributed by atoms with Crippen molar-refractivity contribution in [2.75, 3.05) is 20.1 Å². The maximum atomic E-state index is 11.8. The van der Waals surface area contributed by atoms with Crippen molar-refractivity contribution in [3.8, 4) is 0 Å². The molecule has 16 heavy (non-hydrogen) atoms. The Bertz CT molecular complexity index is 366. The Morgan fingerprint density at radius 1 is 1.38 bits per heavy atom. The third-order valence-electron chi connectivity index (χ3n) is 2.26. The van der Waals surface area contributed by atoms with Crippen LogP contribution in [0.2, 0.25) is 0 Å². The maximum Gasteiger partial charge on any atom is 0.252 e. The van der Waals surface area contributed by atoms with Gasteiger partial charge in [0, 0.05) is 10.1 Å². The van der Waals surface area contributed by atoms with Crippen LogP contribution in [0.25, 0.3) is 0 Å². The summed E-state index contributed by atoms with van der Waals surface area (Å²) in [4.78, 5) is 11.8. The number of rotatable bonds is 5. The van der Waals surface area contributed by atoms with Gasteiger partial charge in [-0.05, 0) is 61.7 Å². The normalized spacial score (nSPS) is 10.2. The van der Waals surface area contributed by atoms with Crippen molar-refractivity contribution in [2.24, 2.45) is 0 Å². The molecule has 0 saturated carbocycles. The average molecular weight is 332 g/mol. The lowest BCUT2D eigenvalue weighted by molar-refractivity contribution is 0.0952. The number of aryl methyl sites for hydroxylation is 1. The van der Waals surface area contributed by atoms with E-state index in [9.17, 15) is 4.79 Å². The largest absolute Gasteiger partial charge is 0.352 e. The summed E-state index contributed by atoms with van der Waals surface area (Å²) < 4.78 is 0.995. The van der Waals surface area contributed by atoms with Gasteiger partial charge in [-0.3, -0.25) is 4.79 Å². The number of benzene rings is 1. The van der Waals surface area contributed by atoms with Gasteiger partial charge in [-0.1, -0.05) is 11.6 Å². The van der Waals surface area contributed by atoms with E-state index in [0.717, 1.165) is 27.7 Å². The summed E-state index contributed by atoms with van der Waals surface area (Å²) in [7, 11) is 1.91. The molecule has 3 nitrogen and oxygen atoms in total. The van der Waals surface area contributed by atoms with Crippen LogP contribution in [0.5, 0.6) is 0 Å². The van der Waals surface area contributed by atoms with E-state index >= 15 is 0 Å². The van der Waals surface area contributed by atoms with Crippen LogP contribution in [-0.4, -0.2) is 26.0 Å². The number of hydrogen-bond donors (Lipinski definition) is 2. The molecular formula is C12H17IN2O. The highest BCUT2D eigenvalue weighted by atomic mass is 127. The fourth-order valence-electron chi connectivity index (χ4n) is 1.38. The molecule has 88 valence electrons. The number of carbonyl (C=O) groups is 1. The van der Waals surface area contributed by atoms with Gasteiger partial charge >= 0.3 is 0 Å². The second-order valence-corrected chi connectivity index (χ2v) is 4.86. The van der Waals surface area contributed by atoms with Gasteiger partial charge < -0.3 is 10.6 Å². The first kappa shape index (κ1) is 13.4. The fraction of sp³-hybridized carbons (Fsp3) is 0.417. The van der Waals surface area contributed by atoms with E-state index in [1.165, 1.54) is 0 Å². The number of nitrogens with one attached hydrogen (secondary N) is 2. The molecule has 0 aromatic heterocycles. The van der Waals surface area contributed by atoms with Crippen molar-refractivity contribution < 1.29 is 4.79 Å². The lowest BCUT2D eigenvalue weighted by Gasteiger charge is -2.07. The average Bonchev–Trinajstić information content (AvgIpc) is 2.27. The van der Waals surface area contributed by atoms with E-state index in [1.807, 2.05) is 32.2 Å². The number of hydrogen-bond acceptors (Lipinski definition) is 2. The molecule has 1 amide bonds. The van der Waals surface area contributed by atoms with Crippen molar-refractivity contribution in [3.63, 3.8) is 0 Å². The van der Waals surface area contributed by atoms with Crippen molar-refractivity contribution in [1.82, 2.24) is 10.6 Å². The molecule has 0 atom stereocenters. The first-order valence-corrected chi connectivity index (χ1v) is 6.42. The van der Waals surface area contributed by atoms with Gasteiger partial charge in [0.05, 0.1) is 5.56 Å². The van der Waals surface area contributed by atoms with Crippen LogP contribution < -0.4 is 10.6 Å². The molecule has 0 aliphatic carbocycles. The molecular weight excluding hydrogens is 315 g/mol. The van der Waals surface area contributed by atoms with Crippen molar-refractivity contribution in [3.05, 3.63) is 32.9 Å². The molecule has 0 unspecified atom stereocenters. The van der Waals surface area contributed by atoms with Crippen LogP contribution in [-0.2, 0) is 0 Å². The first-order valence-electron chi connectivity index (χ1n) is 5.34. The summed E-state index contributed by atoms with van der Waals surface area (Å²) in [5, 5.41) is 5.97. The summed E-state index contributed by atoms with van der Waals surface area (Å²) in [6.07, 6.45) is 0.949. The zero-order valence-corrected chi connectivity index (χ0v) is 11.8. The Morgan fingerprint density at radius 3 is 2.81 bits per heavy atom. The predicted octanol–water partition coefficient (Wildman–Crippen LogP) is 1.94. The van der Waals surface area contributed by atoms with Gasteiger partial charge in [-0.25, -0.2) is 0 Å². The molecule has 0 bridgehead atoms. The molecule has 1 aromatic carbocycles. The first-order chi connectivity index (χ1) is 7.65. The Morgan fingerprint density at radius 2 is 2.12 bits per heavy atom. The van der Waals surface area contributed by atoms with E-state index in [1.54, 1.807) is 0 Å². The number of carbonyl (C=O) groups excluding carboxylic acids is 1. The number of halogens is 1. The third kappa shape index (κ3) is 4.09. The van der Waals surface area contributed by atoms with Crippen LogP contribution in [0.1, 0.15) is 22.3 Å².